The lowest BCUT2D eigenvalue weighted by molar-refractivity contribution is 0.912. The van der Waals surface area contributed by atoms with E-state index in [1.807, 2.05) is 32.4 Å². The fourth-order valence-electron chi connectivity index (χ4n) is 0.849. The fourth-order valence-corrected chi connectivity index (χ4v) is 0.849. The molecule has 0 aliphatic rings. The van der Waals surface area contributed by atoms with Crippen molar-refractivity contribution in [2.24, 2.45) is 12.0 Å². The normalized spacial score (nSPS) is 9.54. The first kappa shape index (κ1) is 11.6. The van der Waals surface area contributed by atoms with Crippen LogP contribution in [-0.2, 0) is 7.05 Å². The molecule has 0 bridgehead atoms. The van der Waals surface area contributed by atoms with Crippen LogP contribution in [0.5, 0.6) is 0 Å². The van der Waals surface area contributed by atoms with Gasteiger partial charge < -0.3 is 4.57 Å². The molecule has 1 aromatic rings. The van der Waals surface area contributed by atoms with Crippen LogP contribution in [0.4, 0.5) is 5.82 Å². The topological polar surface area (TPSA) is 30.2 Å². The van der Waals surface area contributed by atoms with Gasteiger partial charge in [-0.2, -0.15) is 0 Å². The summed E-state index contributed by atoms with van der Waals surface area (Å²) in [5, 5.41) is 0. The SMILES string of the molecule is C=C/C=N\c1c(C)ncn1C.CC. The van der Waals surface area contributed by atoms with Crippen LogP contribution in [0, 0.1) is 6.92 Å². The van der Waals surface area contributed by atoms with Gasteiger partial charge in [0.25, 0.3) is 0 Å². The Morgan fingerprint density at radius 3 is 2.54 bits per heavy atom. The standard InChI is InChI=1S/C8H11N3.C2H6/c1-4-5-9-8-7(2)10-6-11(8)3;1-2/h4-6H,1H2,2-3H3;1-2H3/b9-5-;. The van der Waals surface area contributed by atoms with Crippen LogP contribution in [0.25, 0.3) is 0 Å². The molecule has 0 N–H and O–H groups in total. The molecule has 3 heteroatoms. The van der Waals surface area contributed by atoms with E-state index in [-0.39, 0.29) is 0 Å². The van der Waals surface area contributed by atoms with Gasteiger partial charge in [-0.3, -0.25) is 0 Å². The molecule has 0 atom stereocenters. The molecule has 0 spiro atoms. The summed E-state index contributed by atoms with van der Waals surface area (Å²) in [5.74, 6) is 0.880. The summed E-state index contributed by atoms with van der Waals surface area (Å²) in [5.41, 5.74) is 0.936. The zero-order chi connectivity index (χ0) is 10.3. The van der Waals surface area contributed by atoms with Crippen LogP contribution in [0.2, 0.25) is 0 Å². The zero-order valence-corrected chi connectivity index (χ0v) is 8.78. The van der Waals surface area contributed by atoms with Crippen LogP contribution < -0.4 is 0 Å². The highest BCUT2D eigenvalue weighted by Crippen LogP contribution is 2.13. The highest BCUT2D eigenvalue weighted by Gasteiger charge is 1.99. The number of aryl methyl sites for hydroxylation is 2. The van der Waals surface area contributed by atoms with Gasteiger partial charge in [0.15, 0.2) is 5.82 Å². The predicted molar refractivity (Wildman–Crippen MR) is 57.6 cm³/mol. The first-order chi connectivity index (χ1) is 6.25. The number of allylic oxidation sites excluding steroid dienone is 1. The minimum atomic E-state index is 0.880. The van der Waals surface area contributed by atoms with Crippen molar-refractivity contribution in [2.75, 3.05) is 0 Å². The Kier molecular flexibility index (Phi) is 5.52. The van der Waals surface area contributed by atoms with Crippen molar-refractivity contribution in [3.05, 3.63) is 24.7 Å². The van der Waals surface area contributed by atoms with E-state index in [2.05, 4.69) is 16.6 Å². The van der Waals surface area contributed by atoms with E-state index in [4.69, 9.17) is 0 Å². The second-order valence-corrected chi connectivity index (χ2v) is 2.28. The van der Waals surface area contributed by atoms with Gasteiger partial charge in [-0.15, -0.1) is 0 Å². The molecule has 0 unspecified atom stereocenters. The second-order valence-electron chi connectivity index (χ2n) is 2.28. The van der Waals surface area contributed by atoms with E-state index >= 15 is 0 Å². The minimum absolute atomic E-state index is 0.880. The predicted octanol–water partition coefficient (Wildman–Crippen LogP) is 2.64. The average molecular weight is 179 g/mol. The molecule has 1 rings (SSSR count). The molecule has 0 aliphatic heterocycles. The van der Waals surface area contributed by atoms with Gasteiger partial charge >= 0.3 is 0 Å². The van der Waals surface area contributed by atoms with Crippen molar-refractivity contribution in [2.45, 2.75) is 20.8 Å². The van der Waals surface area contributed by atoms with Crippen molar-refractivity contribution < 1.29 is 0 Å². The van der Waals surface area contributed by atoms with Crippen molar-refractivity contribution in [1.82, 2.24) is 9.55 Å². The van der Waals surface area contributed by atoms with Gasteiger partial charge in [0, 0.05) is 13.3 Å². The summed E-state index contributed by atoms with van der Waals surface area (Å²) in [6, 6.07) is 0. The Morgan fingerprint density at radius 2 is 2.15 bits per heavy atom. The Bertz CT molecular complexity index is 265. The van der Waals surface area contributed by atoms with E-state index in [0.717, 1.165) is 11.5 Å². The molecule has 0 saturated heterocycles. The molecule has 1 heterocycles. The number of hydrogen-bond acceptors (Lipinski definition) is 2. The van der Waals surface area contributed by atoms with E-state index < -0.39 is 0 Å². The van der Waals surface area contributed by atoms with Crippen LogP contribution in [0.3, 0.4) is 0 Å². The van der Waals surface area contributed by atoms with Crippen molar-refractivity contribution in [3.63, 3.8) is 0 Å². The maximum absolute atomic E-state index is 4.14. The first-order valence-corrected chi connectivity index (χ1v) is 4.38. The Hall–Kier alpha value is -1.38. The average Bonchev–Trinajstić information content (AvgIpc) is 2.47. The molecule has 0 radical (unpaired) electrons. The molecular weight excluding hydrogens is 162 g/mol. The highest BCUT2D eigenvalue weighted by molar-refractivity contribution is 5.73. The van der Waals surface area contributed by atoms with E-state index in [1.54, 1.807) is 18.6 Å². The van der Waals surface area contributed by atoms with Crippen LogP contribution in [-0.4, -0.2) is 15.8 Å². The van der Waals surface area contributed by atoms with Gasteiger partial charge in [0.1, 0.15) is 0 Å². The smallest absolute Gasteiger partial charge is 0.154 e. The summed E-state index contributed by atoms with van der Waals surface area (Å²) in [6.07, 6.45) is 5.04. The third-order valence-corrected chi connectivity index (χ3v) is 1.38. The molecule has 0 aliphatic carbocycles. The van der Waals surface area contributed by atoms with Crippen molar-refractivity contribution in [1.29, 1.82) is 0 Å². The summed E-state index contributed by atoms with van der Waals surface area (Å²) in [6.45, 7) is 9.47. The Morgan fingerprint density at radius 1 is 1.54 bits per heavy atom. The number of nitrogens with zero attached hydrogens (tertiary/aromatic N) is 3. The van der Waals surface area contributed by atoms with Gasteiger partial charge in [-0.05, 0) is 6.92 Å². The molecule has 72 valence electrons. The number of aromatic nitrogens is 2. The molecular formula is C10H17N3. The first-order valence-electron chi connectivity index (χ1n) is 4.38. The largest absolute Gasteiger partial charge is 0.319 e. The summed E-state index contributed by atoms with van der Waals surface area (Å²) >= 11 is 0. The molecule has 13 heavy (non-hydrogen) atoms. The fraction of sp³-hybridized carbons (Fsp3) is 0.400. The lowest BCUT2D eigenvalue weighted by atomic mass is 10.5. The molecule has 0 amide bonds. The third kappa shape index (κ3) is 3.23. The highest BCUT2D eigenvalue weighted by atomic mass is 15.1. The van der Waals surface area contributed by atoms with Gasteiger partial charge in [-0.25, -0.2) is 9.98 Å². The number of imidazole rings is 1. The van der Waals surface area contributed by atoms with E-state index in [1.165, 1.54) is 0 Å². The molecule has 3 nitrogen and oxygen atoms in total. The summed E-state index contributed by atoms with van der Waals surface area (Å²) < 4.78 is 1.87. The number of rotatable bonds is 2. The number of hydrogen-bond donors (Lipinski definition) is 0. The zero-order valence-electron chi connectivity index (χ0n) is 8.78. The molecule has 1 aromatic heterocycles. The van der Waals surface area contributed by atoms with Gasteiger partial charge in [0.2, 0.25) is 0 Å². The molecule has 0 fully saturated rings. The van der Waals surface area contributed by atoms with Crippen LogP contribution >= 0.6 is 0 Å². The maximum atomic E-state index is 4.14. The lowest BCUT2D eigenvalue weighted by Gasteiger charge is -1.93. The van der Waals surface area contributed by atoms with E-state index in [0.29, 0.717) is 0 Å². The Labute approximate surface area is 79.8 Å². The maximum Gasteiger partial charge on any atom is 0.154 e. The minimum Gasteiger partial charge on any atom is -0.319 e. The van der Waals surface area contributed by atoms with E-state index in [9.17, 15) is 0 Å². The Balaban J connectivity index is 0.000000671. The van der Waals surface area contributed by atoms with Gasteiger partial charge in [0.05, 0.1) is 12.0 Å². The summed E-state index contributed by atoms with van der Waals surface area (Å²) in [4.78, 5) is 8.23. The number of aliphatic imine (C=N–C) groups is 1. The summed E-state index contributed by atoms with van der Waals surface area (Å²) in [7, 11) is 1.91. The lowest BCUT2D eigenvalue weighted by Crippen LogP contribution is -1.83. The van der Waals surface area contributed by atoms with Crippen LogP contribution in [0.1, 0.15) is 19.5 Å². The second kappa shape index (κ2) is 6.17. The van der Waals surface area contributed by atoms with Crippen LogP contribution in [0.15, 0.2) is 24.0 Å². The quantitative estimate of drug-likeness (QED) is 0.642. The molecule has 0 saturated carbocycles. The monoisotopic (exact) mass is 179 g/mol. The van der Waals surface area contributed by atoms with Gasteiger partial charge in [-0.1, -0.05) is 26.5 Å². The third-order valence-electron chi connectivity index (χ3n) is 1.38. The molecule has 0 aromatic carbocycles. The van der Waals surface area contributed by atoms with Crippen molar-refractivity contribution in [3.8, 4) is 0 Å². The van der Waals surface area contributed by atoms with Crippen molar-refractivity contribution >= 4 is 12.0 Å².